The van der Waals surface area contributed by atoms with E-state index in [1.54, 1.807) is 7.05 Å². The molecule has 0 N–H and O–H groups in total. The zero-order valence-corrected chi connectivity index (χ0v) is 14.9. The van der Waals surface area contributed by atoms with Crippen LogP contribution in [0.2, 0.25) is 0 Å². The lowest BCUT2D eigenvalue weighted by atomic mass is 9.92. The summed E-state index contributed by atoms with van der Waals surface area (Å²) in [6.45, 7) is 10.1. The number of aromatic nitrogens is 1. The van der Waals surface area contributed by atoms with Gasteiger partial charge in [-0.25, -0.2) is 0 Å². The van der Waals surface area contributed by atoms with Gasteiger partial charge in [0.15, 0.2) is 0 Å². The van der Waals surface area contributed by atoms with E-state index >= 15 is 0 Å². The Hall–Kier alpha value is -2.94. The van der Waals surface area contributed by atoms with Crippen LogP contribution in [0.3, 0.4) is 0 Å². The van der Waals surface area contributed by atoms with E-state index in [2.05, 4.69) is 52.3 Å². The Balaban J connectivity index is 2.13. The quantitative estimate of drug-likeness (QED) is 0.559. The molecule has 1 aliphatic rings. The molecule has 126 valence electrons. The summed E-state index contributed by atoms with van der Waals surface area (Å²) in [4.78, 5) is 10.6. The first-order valence-electron chi connectivity index (χ1n) is 8.45. The van der Waals surface area contributed by atoms with Crippen molar-refractivity contribution in [3.63, 3.8) is 0 Å². The summed E-state index contributed by atoms with van der Waals surface area (Å²) in [6.07, 6.45) is 13.6. The van der Waals surface area contributed by atoms with Gasteiger partial charge in [-0.3, -0.25) is 9.98 Å². The molecule has 3 heteroatoms. The van der Waals surface area contributed by atoms with E-state index in [0.29, 0.717) is 0 Å². The number of hydrogen-bond donors (Lipinski definition) is 0. The fraction of sp³-hybridized carbons (Fsp3) is 0.182. The highest BCUT2D eigenvalue weighted by Crippen LogP contribution is 2.36. The van der Waals surface area contributed by atoms with Crippen LogP contribution < -0.4 is 4.90 Å². The number of fused-ring (bicyclic) bond motifs is 1. The molecule has 3 nitrogen and oxygen atoms in total. The van der Waals surface area contributed by atoms with Crippen molar-refractivity contribution in [1.29, 1.82) is 0 Å². The number of pyridine rings is 1. The van der Waals surface area contributed by atoms with Crippen LogP contribution in [0.5, 0.6) is 0 Å². The normalized spacial score (nSPS) is 14.3. The molecular formula is C22H23N3. The van der Waals surface area contributed by atoms with Gasteiger partial charge in [0, 0.05) is 42.0 Å². The maximum Gasteiger partial charge on any atom is 0.0934 e. The molecule has 1 aliphatic heterocycles. The standard InChI is InChI=1S/C22H23N3/c1-5-7-20-17(6-2)13-24-14-21(20)18-10-11-22-19(12-18)9-8-16(3)25(22)15-23-4/h5-7,10-15H,2-3,8-9H2,1,4H3/b7-5-,23-15-. The molecule has 1 aromatic heterocycles. The van der Waals surface area contributed by atoms with Crippen molar-refractivity contribution in [3.05, 3.63) is 72.2 Å². The summed E-state index contributed by atoms with van der Waals surface area (Å²) < 4.78 is 0. The maximum absolute atomic E-state index is 4.39. The van der Waals surface area contributed by atoms with Crippen molar-refractivity contribution >= 4 is 24.2 Å². The largest absolute Gasteiger partial charge is 0.306 e. The molecule has 0 atom stereocenters. The molecule has 0 bridgehead atoms. The van der Waals surface area contributed by atoms with Crippen LogP contribution in [-0.4, -0.2) is 18.4 Å². The number of benzene rings is 1. The highest BCUT2D eigenvalue weighted by Gasteiger charge is 2.19. The lowest BCUT2D eigenvalue weighted by molar-refractivity contribution is 0.879. The minimum Gasteiger partial charge on any atom is -0.306 e. The smallest absolute Gasteiger partial charge is 0.0934 e. The average molecular weight is 329 g/mol. The molecule has 0 saturated carbocycles. The molecule has 1 aromatic carbocycles. The van der Waals surface area contributed by atoms with Crippen molar-refractivity contribution in [2.75, 3.05) is 11.9 Å². The fourth-order valence-corrected chi connectivity index (χ4v) is 3.25. The minimum atomic E-state index is 0.940. The van der Waals surface area contributed by atoms with Crippen LogP contribution in [0.4, 0.5) is 5.69 Å². The summed E-state index contributed by atoms with van der Waals surface area (Å²) in [6, 6.07) is 6.55. The van der Waals surface area contributed by atoms with Crippen LogP contribution in [0, 0.1) is 0 Å². The lowest BCUT2D eigenvalue weighted by Crippen LogP contribution is -2.25. The van der Waals surface area contributed by atoms with E-state index in [1.165, 1.54) is 11.1 Å². The Morgan fingerprint density at radius 2 is 2.08 bits per heavy atom. The number of allylic oxidation sites excluding steroid dienone is 2. The van der Waals surface area contributed by atoms with E-state index in [4.69, 9.17) is 0 Å². The van der Waals surface area contributed by atoms with Gasteiger partial charge in [0.2, 0.25) is 0 Å². The molecule has 0 aliphatic carbocycles. The Morgan fingerprint density at radius 3 is 2.80 bits per heavy atom. The highest BCUT2D eigenvalue weighted by molar-refractivity contribution is 5.88. The van der Waals surface area contributed by atoms with Crippen LogP contribution in [0.1, 0.15) is 30.0 Å². The third-order valence-electron chi connectivity index (χ3n) is 4.48. The second kappa shape index (κ2) is 7.31. The van der Waals surface area contributed by atoms with Gasteiger partial charge in [-0.15, -0.1) is 0 Å². The van der Waals surface area contributed by atoms with Gasteiger partial charge in [-0.1, -0.05) is 37.5 Å². The number of rotatable bonds is 4. The average Bonchev–Trinajstić information content (AvgIpc) is 2.64. The molecule has 0 saturated heterocycles. The first-order chi connectivity index (χ1) is 12.2. The highest BCUT2D eigenvalue weighted by atomic mass is 15.2. The molecular weight excluding hydrogens is 306 g/mol. The van der Waals surface area contributed by atoms with Crippen molar-refractivity contribution in [2.45, 2.75) is 19.8 Å². The van der Waals surface area contributed by atoms with Crippen molar-refractivity contribution in [1.82, 2.24) is 4.98 Å². The Bertz CT molecular complexity index is 875. The lowest BCUT2D eigenvalue weighted by Gasteiger charge is -2.30. The van der Waals surface area contributed by atoms with Crippen molar-refractivity contribution in [2.24, 2.45) is 4.99 Å². The molecule has 0 spiro atoms. The summed E-state index contributed by atoms with van der Waals surface area (Å²) in [5.41, 5.74) is 8.03. The fourth-order valence-electron chi connectivity index (χ4n) is 3.25. The third kappa shape index (κ3) is 3.18. The molecule has 0 radical (unpaired) electrons. The first kappa shape index (κ1) is 16.9. The molecule has 0 amide bonds. The monoisotopic (exact) mass is 329 g/mol. The van der Waals surface area contributed by atoms with Crippen LogP contribution >= 0.6 is 0 Å². The van der Waals surface area contributed by atoms with Gasteiger partial charge >= 0.3 is 0 Å². The van der Waals surface area contributed by atoms with Gasteiger partial charge in [0.05, 0.1) is 6.34 Å². The van der Waals surface area contributed by atoms with Gasteiger partial charge in [0.25, 0.3) is 0 Å². The summed E-state index contributed by atoms with van der Waals surface area (Å²) in [5.74, 6) is 0. The topological polar surface area (TPSA) is 28.5 Å². The van der Waals surface area contributed by atoms with E-state index in [-0.39, 0.29) is 0 Å². The van der Waals surface area contributed by atoms with Crippen LogP contribution in [0.15, 0.2) is 60.5 Å². The Morgan fingerprint density at radius 1 is 1.24 bits per heavy atom. The minimum absolute atomic E-state index is 0.940. The third-order valence-corrected chi connectivity index (χ3v) is 4.48. The van der Waals surface area contributed by atoms with Gasteiger partial charge in [0.1, 0.15) is 0 Å². The first-order valence-corrected chi connectivity index (χ1v) is 8.45. The van der Waals surface area contributed by atoms with Gasteiger partial charge in [-0.2, -0.15) is 0 Å². The number of aryl methyl sites for hydroxylation is 1. The molecule has 2 heterocycles. The zero-order chi connectivity index (χ0) is 17.8. The molecule has 0 fully saturated rings. The van der Waals surface area contributed by atoms with E-state index in [9.17, 15) is 0 Å². The van der Waals surface area contributed by atoms with Gasteiger partial charge < -0.3 is 4.90 Å². The summed E-state index contributed by atoms with van der Waals surface area (Å²) in [5, 5.41) is 0. The summed E-state index contributed by atoms with van der Waals surface area (Å²) >= 11 is 0. The van der Waals surface area contributed by atoms with Crippen LogP contribution in [0.25, 0.3) is 23.3 Å². The van der Waals surface area contributed by atoms with E-state index < -0.39 is 0 Å². The predicted octanol–water partition coefficient (Wildman–Crippen LogP) is 5.35. The molecule has 25 heavy (non-hydrogen) atoms. The second-order valence-electron chi connectivity index (χ2n) is 6.05. The zero-order valence-electron chi connectivity index (χ0n) is 14.9. The second-order valence-corrected chi connectivity index (χ2v) is 6.05. The number of anilines is 1. The van der Waals surface area contributed by atoms with Crippen molar-refractivity contribution in [3.8, 4) is 11.1 Å². The Labute approximate surface area is 149 Å². The number of nitrogens with zero attached hydrogens (tertiary/aromatic N) is 3. The summed E-state index contributed by atoms with van der Waals surface area (Å²) in [7, 11) is 1.78. The van der Waals surface area contributed by atoms with E-state index in [1.807, 2.05) is 37.8 Å². The Kier molecular flexibility index (Phi) is 4.94. The number of aliphatic imine (C=N–C) groups is 1. The maximum atomic E-state index is 4.39. The predicted molar refractivity (Wildman–Crippen MR) is 109 cm³/mol. The molecule has 2 aromatic rings. The van der Waals surface area contributed by atoms with Crippen molar-refractivity contribution < 1.29 is 0 Å². The number of hydrogen-bond acceptors (Lipinski definition) is 2. The molecule has 3 rings (SSSR count). The molecule has 0 unspecified atom stereocenters. The SMILES string of the molecule is C=Cc1cncc(-c2ccc3c(c2)CCC(=C)N3/C=N\C)c1/C=C\C. The van der Waals surface area contributed by atoms with Crippen LogP contribution in [-0.2, 0) is 6.42 Å². The van der Waals surface area contributed by atoms with E-state index in [0.717, 1.165) is 40.9 Å². The van der Waals surface area contributed by atoms with Gasteiger partial charge in [-0.05, 0) is 48.6 Å².